The molecule has 2 N–H and O–H groups in total. The number of hydrogen-bond donors (Lipinski definition) is 2. The van der Waals surface area contributed by atoms with E-state index < -0.39 is 9.85 Å². The van der Waals surface area contributed by atoms with Gasteiger partial charge in [-0.25, -0.2) is 0 Å². The highest BCUT2D eigenvalue weighted by Gasteiger charge is 2.18. The summed E-state index contributed by atoms with van der Waals surface area (Å²) in [6.45, 7) is 11.6. The van der Waals surface area contributed by atoms with Gasteiger partial charge in [-0.3, -0.25) is 25.0 Å². The zero-order chi connectivity index (χ0) is 31.4. The largest absolute Gasteiger partial charge is 0.380 e. The zero-order valence-corrected chi connectivity index (χ0v) is 29.3. The molecule has 1 heterocycles. The highest BCUT2D eigenvalue weighted by Crippen LogP contribution is 2.31. The van der Waals surface area contributed by atoms with Gasteiger partial charge in [-0.05, 0) is 76.1 Å². The van der Waals surface area contributed by atoms with E-state index in [1.54, 1.807) is 50.5 Å². The van der Waals surface area contributed by atoms with Crippen LogP contribution in [0.2, 0.25) is 0 Å². The van der Waals surface area contributed by atoms with Crippen LogP contribution in [-0.2, 0) is 16.5 Å². The normalized spacial score (nSPS) is 11.5. The molecule has 44 heavy (non-hydrogen) atoms. The maximum atomic E-state index is 11.9. The first-order chi connectivity index (χ1) is 19.9. The van der Waals surface area contributed by atoms with Gasteiger partial charge in [-0.15, -0.1) is 0 Å². The van der Waals surface area contributed by atoms with Gasteiger partial charge < -0.3 is 24.7 Å². The summed E-state index contributed by atoms with van der Waals surface area (Å²) in [5.74, 6) is 0. The number of ether oxygens (including phenoxy) is 2. The SMILES string of the molecule is CCOC[C@H](C)Nc1cc(-c2cc(C)c(=O)n(C)c2)ccc1[N+](=O)[O-].CCOC[C@H](C)Nc1cc(Br)ccc1[N+](=O)[O-].S.S. The van der Waals surface area contributed by atoms with E-state index in [4.69, 9.17) is 9.47 Å². The van der Waals surface area contributed by atoms with E-state index in [1.807, 2.05) is 27.7 Å². The molecule has 0 aliphatic carbocycles. The van der Waals surface area contributed by atoms with E-state index in [9.17, 15) is 25.0 Å². The molecular formula is C29H42BrN5O7S2. The third-order valence-corrected chi connectivity index (χ3v) is 6.49. The smallest absolute Gasteiger partial charge is 0.292 e. The molecule has 0 radical (unpaired) electrons. The molecule has 0 fully saturated rings. The molecule has 1 aromatic heterocycles. The van der Waals surface area contributed by atoms with Crippen LogP contribution in [0.15, 0.2) is 57.9 Å². The number of nitrogens with zero attached hydrogens (tertiary/aromatic N) is 3. The molecule has 0 aliphatic rings. The lowest BCUT2D eigenvalue weighted by Gasteiger charge is -2.16. The van der Waals surface area contributed by atoms with Gasteiger partial charge in [0, 0.05) is 60.7 Å². The number of aromatic nitrogens is 1. The lowest BCUT2D eigenvalue weighted by Crippen LogP contribution is -2.22. The fourth-order valence-corrected chi connectivity index (χ4v) is 4.37. The maximum absolute atomic E-state index is 11.9. The topological polar surface area (TPSA) is 151 Å². The van der Waals surface area contributed by atoms with Crippen molar-refractivity contribution in [3.8, 4) is 11.1 Å². The molecule has 2 atom stereocenters. The number of anilines is 2. The highest BCUT2D eigenvalue weighted by molar-refractivity contribution is 9.10. The van der Waals surface area contributed by atoms with Gasteiger partial charge in [-0.1, -0.05) is 15.9 Å². The molecule has 0 aliphatic heterocycles. The number of pyridine rings is 1. The van der Waals surface area contributed by atoms with E-state index >= 15 is 0 Å². The predicted molar refractivity (Wildman–Crippen MR) is 189 cm³/mol. The summed E-state index contributed by atoms with van der Waals surface area (Å²) in [6, 6.07) is 11.5. The Morgan fingerprint density at radius 3 is 1.77 bits per heavy atom. The van der Waals surface area contributed by atoms with Crippen molar-refractivity contribution in [2.75, 3.05) is 37.1 Å². The summed E-state index contributed by atoms with van der Waals surface area (Å²) in [5.41, 5.74) is 3.19. The van der Waals surface area contributed by atoms with Crippen LogP contribution in [0.3, 0.4) is 0 Å². The van der Waals surface area contributed by atoms with Crippen LogP contribution in [0.5, 0.6) is 0 Å². The van der Waals surface area contributed by atoms with Gasteiger partial charge in [0.05, 0.1) is 23.1 Å². The van der Waals surface area contributed by atoms with Crippen LogP contribution in [0.1, 0.15) is 33.3 Å². The predicted octanol–water partition coefficient (Wildman–Crippen LogP) is 6.53. The Kier molecular flexibility index (Phi) is 18.6. The maximum Gasteiger partial charge on any atom is 0.292 e. The van der Waals surface area contributed by atoms with Crippen LogP contribution in [0.25, 0.3) is 11.1 Å². The van der Waals surface area contributed by atoms with Crippen LogP contribution in [0.4, 0.5) is 22.7 Å². The van der Waals surface area contributed by atoms with E-state index in [0.29, 0.717) is 43.4 Å². The van der Waals surface area contributed by atoms with Gasteiger partial charge >= 0.3 is 0 Å². The summed E-state index contributed by atoms with van der Waals surface area (Å²) in [4.78, 5) is 33.2. The highest BCUT2D eigenvalue weighted by atomic mass is 79.9. The fraction of sp³-hybridized carbons (Fsp3) is 0.414. The summed E-state index contributed by atoms with van der Waals surface area (Å²) in [5, 5.41) is 28.4. The molecular weight excluding hydrogens is 674 g/mol. The number of rotatable bonds is 13. The minimum atomic E-state index is -0.411. The number of halogens is 1. The summed E-state index contributed by atoms with van der Waals surface area (Å²) >= 11 is 3.29. The molecule has 0 spiro atoms. The fourth-order valence-electron chi connectivity index (χ4n) is 4.01. The Hall–Kier alpha value is -3.11. The van der Waals surface area contributed by atoms with Crippen LogP contribution in [0, 0.1) is 27.2 Å². The van der Waals surface area contributed by atoms with Gasteiger partial charge in [0.15, 0.2) is 0 Å². The van der Waals surface area contributed by atoms with E-state index in [2.05, 4.69) is 26.6 Å². The number of aryl methyl sites for hydroxylation is 2. The molecule has 3 aromatic rings. The van der Waals surface area contributed by atoms with Crippen LogP contribution >= 0.6 is 42.9 Å². The second-order valence-corrected chi connectivity index (χ2v) is 10.6. The standard InChI is InChI=1S/C18H23N3O4.C11H15BrN2O3.2H2S/c1-5-25-11-13(3)19-16-9-14(6-7-17(16)21(23)24)15-8-12(2)18(22)20(4)10-15;1-3-17-7-8(2)13-10-6-9(12)4-5-11(10)14(15)16;;/h6-10,13,19H,5,11H2,1-4H3;4-6,8,13H,3,7H2,1-2H3;2*1H2/t13-;8-;;/m00../s1. The molecule has 244 valence electrons. The van der Waals surface area contributed by atoms with Crippen molar-refractivity contribution in [3.05, 3.63) is 89.3 Å². The lowest BCUT2D eigenvalue weighted by atomic mass is 10.0. The first-order valence-electron chi connectivity index (χ1n) is 13.5. The van der Waals surface area contributed by atoms with Gasteiger partial charge in [0.25, 0.3) is 16.9 Å². The van der Waals surface area contributed by atoms with E-state index in [-0.39, 0.29) is 56.0 Å². The molecule has 0 amide bonds. The van der Waals surface area contributed by atoms with Gasteiger partial charge in [0.1, 0.15) is 11.4 Å². The van der Waals surface area contributed by atoms with Gasteiger partial charge in [-0.2, -0.15) is 27.0 Å². The number of hydrogen-bond acceptors (Lipinski definition) is 9. The summed E-state index contributed by atoms with van der Waals surface area (Å²) < 4.78 is 12.9. The van der Waals surface area contributed by atoms with Crippen LogP contribution < -0.4 is 16.2 Å². The Balaban J connectivity index is 0.000000859. The first-order valence-corrected chi connectivity index (χ1v) is 14.3. The molecule has 15 heteroatoms. The van der Waals surface area contributed by atoms with Crippen molar-refractivity contribution < 1.29 is 19.3 Å². The van der Waals surface area contributed by atoms with E-state index in [1.165, 1.54) is 16.7 Å². The molecule has 0 unspecified atom stereocenters. The minimum Gasteiger partial charge on any atom is -0.380 e. The van der Waals surface area contributed by atoms with Crippen molar-refractivity contribution in [2.45, 2.75) is 46.7 Å². The van der Waals surface area contributed by atoms with Crippen molar-refractivity contribution in [2.24, 2.45) is 7.05 Å². The summed E-state index contributed by atoms with van der Waals surface area (Å²) in [6.07, 6.45) is 1.73. The molecule has 0 bridgehead atoms. The van der Waals surface area contributed by atoms with Crippen molar-refractivity contribution in [1.82, 2.24) is 4.57 Å². The lowest BCUT2D eigenvalue weighted by molar-refractivity contribution is -0.384. The molecule has 0 saturated heterocycles. The Morgan fingerprint density at radius 2 is 1.32 bits per heavy atom. The third kappa shape index (κ3) is 12.5. The number of nitrogens with one attached hydrogen (secondary N) is 2. The molecule has 2 aromatic carbocycles. The summed E-state index contributed by atoms with van der Waals surface area (Å²) in [7, 11) is 1.69. The quantitative estimate of drug-likeness (QED) is 0.149. The van der Waals surface area contributed by atoms with Crippen molar-refractivity contribution >= 4 is 65.7 Å². The average Bonchev–Trinajstić information content (AvgIpc) is 2.93. The molecule has 12 nitrogen and oxygen atoms in total. The first kappa shape index (κ1) is 40.9. The Bertz CT molecular complexity index is 1420. The number of benzene rings is 2. The minimum absolute atomic E-state index is 0. The average molecular weight is 717 g/mol. The molecule has 0 saturated carbocycles. The Labute approximate surface area is 279 Å². The van der Waals surface area contributed by atoms with Crippen molar-refractivity contribution in [1.29, 1.82) is 0 Å². The zero-order valence-electron chi connectivity index (χ0n) is 25.7. The second-order valence-electron chi connectivity index (χ2n) is 9.65. The molecule has 3 rings (SSSR count). The Morgan fingerprint density at radius 1 is 0.841 bits per heavy atom. The second kappa shape index (κ2) is 20.0. The number of nitro benzene ring substituents is 2. The van der Waals surface area contributed by atoms with E-state index in [0.717, 1.165) is 15.6 Å². The third-order valence-electron chi connectivity index (χ3n) is 5.99. The monoisotopic (exact) mass is 715 g/mol. The van der Waals surface area contributed by atoms with Gasteiger partial charge in [0.2, 0.25) is 0 Å². The van der Waals surface area contributed by atoms with Crippen molar-refractivity contribution in [3.63, 3.8) is 0 Å². The van der Waals surface area contributed by atoms with Crippen LogP contribution in [-0.4, -0.2) is 52.9 Å². The number of nitro groups is 2.